The van der Waals surface area contributed by atoms with Crippen LogP contribution in [0.2, 0.25) is 0 Å². The van der Waals surface area contributed by atoms with Gasteiger partial charge in [0, 0.05) is 0 Å². The molecule has 0 fully saturated rings. The SMILES string of the molecule is Cc1ccccc1OCC(=O)NC(c1ccccc1)c1ccccc1. The summed E-state index contributed by atoms with van der Waals surface area (Å²) < 4.78 is 5.66. The molecule has 1 N–H and O–H groups in total. The molecular weight excluding hydrogens is 310 g/mol. The van der Waals surface area contributed by atoms with E-state index >= 15 is 0 Å². The van der Waals surface area contributed by atoms with E-state index in [0.717, 1.165) is 22.4 Å². The van der Waals surface area contributed by atoms with Crippen LogP contribution in [-0.4, -0.2) is 12.5 Å². The zero-order valence-electron chi connectivity index (χ0n) is 14.2. The smallest absolute Gasteiger partial charge is 0.258 e. The zero-order chi connectivity index (χ0) is 17.5. The Labute approximate surface area is 148 Å². The van der Waals surface area contributed by atoms with Crippen LogP contribution in [0, 0.1) is 6.92 Å². The third kappa shape index (κ3) is 4.48. The summed E-state index contributed by atoms with van der Waals surface area (Å²) in [5.74, 6) is 0.578. The molecule has 0 spiro atoms. The minimum absolute atomic E-state index is 0.0129. The molecule has 3 nitrogen and oxygen atoms in total. The fourth-order valence-corrected chi connectivity index (χ4v) is 2.71. The van der Waals surface area contributed by atoms with Crippen LogP contribution in [0.25, 0.3) is 0 Å². The van der Waals surface area contributed by atoms with Gasteiger partial charge in [-0.1, -0.05) is 78.9 Å². The molecule has 0 aliphatic rings. The molecule has 0 radical (unpaired) electrons. The van der Waals surface area contributed by atoms with Crippen LogP contribution < -0.4 is 10.1 Å². The highest BCUT2D eigenvalue weighted by atomic mass is 16.5. The quantitative estimate of drug-likeness (QED) is 0.732. The van der Waals surface area contributed by atoms with E-state index in [-0.39, 0.29) is 18.6 Å². The fraction of sp³-hybridized carbons (Fsp3) is 0.136. The maximum absolute atomic E-state index is 12.4. The van der Waals surface area contributed by atoms with Crippen molar-refractivity contribution >= 4 is 5.91 Å². The molecule has 3 rings (SSSR count). The van der Waals surface area contributed by atoms with E-state index < -0.39 is 0 Å². The Balaban J connectivity index is 1.72. The van der Waals surface area contributed by atoms with Crippen molar-refractivity contribution in [2.45, 2.75) is 13.0 Å². The van der Waals surface area contributed by atoms with E-state index in [1.807, 2.05) is 91.9 Å². The maximum atomic E-state index is 12.4. The number of hydrogen-bond donors (Lipinski definition) is 1. The molecule has 3 heteroatoms. The van der Waals surface area contributed by atoms with Crippen LogP contribution in [0.15, 0.2) is 84.9 Å². The zero-order valence-corrected chi connectivity index (χ0v) is 14.2. The lowest BCUT2D eigenvalue weighted by Gasteiger charge is -2.20. The van der Waals surface area contributed by atoms with Crippen LogP contribution in [0.4, 0.5) is 0 Å². The average Bonchev–Trinajstić information content (AvgIpc) is 2.67. The Hall–Kier alpha value is -3.07. The van der Waals surface area contributed by atoms with Crippen molar-refractivity contribution in [1.29, 1.82) is 0 Å². The van der Waals surface area contributed by atoms with Crippen molar-refractivity contribution in [3.8, 4) is 5.75 Å². The van der Waals surface area contributed by atoms with Crippen LogP contribution in [-0.2, 0) is 4.79 Å². The minimum atomic E-state index is -0.199. The summed E-state index contributed by atoms with van der Waals surface area (Å²) in [4.78, 5) is 12.4. The van der Waals surface area contributed by atoms with Gasteiger partial charge in [0.2, 0.25) is 0 Å². The number of para-hydroxylation sites is 1. The summed E-state index contributed by atoms with van der Waals surface area (Å²) in [7, 11) is 0. The Kier molecular flexibility index (Phi) is 5.47. The first-order valence-electron chi connectivity index (χ1n) is 8.32. The lowest BCUT2D eigenvalue weighted by atomic mass is 9.99. The number of amides is 1. The highest BCUT2D eigenvalue weighted by Gasteiger charge is 2.16. The maximum Gasteiger partial charge on any atom is 0.258 e. The van der Waals surface area contributed by atoms with E-state index in [1.54, 1.807) is 0 Å². The Morgan fingerprint density at radius 2 is 1.36 bits per heavy atom. The van der Waals surface area contributed by atoms with Gasteiger partial charge in [-0.3, -0.25) is 4.79 Å². The molecule has 0 aliphatic carbocycles. The lowest BCUT2D eigenvalue weighted by molar-refractivity contribution is -0.123. The van der Waals surface area contributed by atoms with Gasteiger partial charge in [-0.2, -0.15) is 0 Å². The molecule has 0 heterocycles. The molecule has 0 saturated heterocycles. The molecule has 0 aliphatic heterocycles. The van der Waals surface area contributed by atoms with Crippen molar-refractivity contribution in [2.75, 3.05) is 6.61 Å². The first-order valence-corrected chi connectivity index (χ1v) is 8.32. The highest BCUT2D eigenvalue weighted by Crippen LogP contribution is 2.22. The first kappa shape index (κ1) is 16.8. The summed E-state index contributed by atoms with van der Waals surface area (Å²) >= 11 is 0. The van der Waals surface area contributed by atoms with Crippen LogP contribution in [0.3, 0.4) is 0 Å². The number of aryl methyl sites for hydroxylation is 1. The molecule has 3 aromatic rings. The summed E-state index contributed by atoms with van der Waals surface area (Å²) in [6.07, 6.45) is 0. The first-order chi connectivity index (χ1) is 12.2. The van der Waals surface area contributed by atoms with Gasteiger partial charge in [-0.25, -0.2) is 0 Å². The van der Waals surface area contributed by atoms with Crippen LogP contribution >= 0.6 is 0 Å². The average molecular weight is 331 g/mol. The van der Waals surface area contributed by atoms with E-state index in [4.69, 9.17) is 4.74 Å². The largest absolute Gasteiger partial charge is 0.484 e. The van der Waals surface area contributed by atoms with Gasteiger partial charge in [0.25, 0.3) is 5.91 Å². The summed E-state index contributed by atoms with van der Waals surface area (Å²) in [6.45, 7) is 1.95. The molecule has 0 bridgehead atoms. The summed E-state index contributed by atoms with van der Waals surface area (Å²) in [6, 6.07) is 27.4. The van der Waals surface area contributed by atoms with E-state index in [0.29, 0.717) is 0 Å². The Morgan fingerprint density at radius 1 is 0.840 bits per heavy atom. The van der Waals surface area contributed by atoms with Crippen molar-refractivity contribution < 1.29 is 9.53 Å². The van der Waals surface area contributed by atoms with Gasteiger partial charge in [-0.05, 0) is 29.7 Å². The second kappa shape index (κ2) is 8.15. The van der Waals surface area contributed by atoms with E-state index in [1.165, 1.54) is 0 Å². The second-order valence-electron chi connectivity index (χ2n) is 5.88. The molecule has 25 heavy (non-hydrogen) atoms. The molecule has 0 atom stereocenters. The topological polar surface area (TPSA) is 38.3 Å². The molecule has 0 aromatic heterocycles. The molecule has 1 amide bonds. The Bertz CT molecular complexity index is 776. The van der Waals surface area contributed by atoms with Gasteiger partial charge < -0.3 is 10.1 Å². The Morgan fingerprint density at radius 3 is 1.92 bits per heavy atom. The number of carbonyl (C=O) groups is 1. The van der Waals surface area contributed by atoms with Crippen LogP contribution in [0.5, 0.6) is 5.75 Å². The van der Waals surface area contributed by atoms with Gasteiger partial charge in [-0.15, -0.1) is 0 Å². The number of benzene rings is 3. The minimum Gasteiger partial charge on any atom is -0.484 e. The standard InChI is InChI=1S/C22H21NO2/c1-17-10-8-9-15-20(17)25-16-21(24)23-22(18-11-4-2-5-12-18)19-13-6-3-7-14-19/h2-15,22H,16H2,1H3,(H,23,24). The van der Waals surface area contributed by atoms with Crippen molar-refractivity contribution in [1.82, 2.24) is 5.32 Å². The predicted octanol–water partition coefficient (Wildman–Crippen LogP) is 4.28. The van der Waals surface area contributed by atoms with Crippen LogP contribution in [0.1, 0.15) is 22.7 Å². The van der Waals surface area contributed by atoms with Gasteiger partial charge >= 0.3 is 0 Å². The molecule has 0 unspecified atom stereocenters. The third-order valence-corrected chi connectivity index (χ3v) is 4.02. The molecule has 126 valence electrons. The summed E-state index contributed by atoms with van der Waals surface area (Å²) in [5.41, 5.74) is 3.09. The van der Waals surface area contributed by atoms with E-state index in [9.17, 15) is 4.79 Å². The number of hydrogen-bond acceptors (Lipinski definition) is 2. The summed E-state index contributed by atoms with van der Waals surface area (Å²) in [5, 5.41) is 3.08. The lowest BCUT2D eigenvalue weighted by Crippen LogP contribution is -2.33. The van der Waals surface area contributed by atoms with Crippen molar-refractivity contribution in [3.63, 3.8) is 0 Å². The number of ether oxygens (including phenoxy) is 1. The van der Waals surface area contributed by atoms with Gasteiger partial charge in [0.15, 0.2) is 6.61 Å². The second-order valence-corrected chi connectivity index (χ2v) is 5.88. The molecule has 0 saturated carbocycles. The van der Waals surface area contributed by atoms with Crippen molar-refractivity contribution in [2.24, 2.45) is 0 Å². The normalized spacial score (nSPS) is 10.5. The third-order valence-electron chi connectivity index (χ3n) is 4.02. The molecular formula is C22H21NO2. The molecule has 3 aromatic carbocycles. The predicted molar refractivity (Wildman–Crippen MR) is 99.5 cm³/mol. The number of carbonyl (C=O) groups excluding carboxylic acids is 1. The van der Waals surface area contributed by atoms with Crippen molar-refractivity contribution in [3.05, 3.63) is 102 Å². The van der Waals surface area contributed by atoms with E-state index in [2.05, 4.69) is 5.32 Å². The fourth-order valence-electron chi connectivity index (χ4n) is 2.71. The monoisotopic (exact) mass is 331 g/mol. The number of rotatable bonds is 6. The highest BCUT2D eigenvalue weighted by molar-refractivity contribution is 5.78. The van der Waals surface area contributed by atoms with Gasteiger partial charge in [0.05, 0.1) is 6.04 Å². The number of nitrogens with one attached hydrogen (secondary N) is 1. The van der Waals surface area contributed by atoms with Gasteiger partial charge in [0.1, 0.15) is 5.75 Å².